The Morgan fingerprint density at radius 2 is 1.62 bits per heavy atom. The van der Waals surface area contributed by atoms with Gasteiger partial charge >= 0.3 is 12.1 Å². The zero-order valence-corrected chi connectivity index (χ0v) is 18.0. The predicted molar refractivity (Wildman–Crippen MR) is 119 cm³/mol. The van der Waals surface area contributed by atoms with Crippen molar-refractivity contribution in [2.24, 2.45) is 11.8 Å². The molecule has 32 heavy (non-hydrogen) atoms. The van der Waals surface area contributed by atoms with Crippen LogP contribution in [0.3, 0.4) is 0 Å². The molecular weight excluding hydrogens is 408 g/mol. The molecule has 0 aliphatic heterocycles. The topological polar surface area (TPSA) is 105 Å². The zero-order chi connectivity index (χ0) is 22.7. The molecule has 7 nitrogen and oxygen atoms in total. The number of carboxylic acid groups (broad SMARTS) is 1. The molecule has 2 unspecified atom stereocenters. The van der Waals surface area contributed by atoms with Crippen LogP contribution in [0.4, 0.5) is 4.79 Å². The smallest absolute Gasteiger partial charge is 0.407 e. The maximum absolute atomic E-state index is 12.6. The number of ether oxygens (including phenoxy) is 1. The second-order valence-corrected chi connectivity index (χ2v) is 8.69. The van der Waals surface area contributed by atoms with E-state index < -0.39 is 24.0 Å². The van der Waals surface area contributed by atoms with Crippen molar-refractivity contribution in [3.05, 3.63) is 59.7 Å². The molecule has 2 aliphatic rings. The summed E-state index contributed by atoms with van der Waals surface area (Å²) in [5.74, 6) is -1.71. The number of carbonyl (C=O) groups is 3. The van der Waals surface area contributed by atoms with Gasteiger partial charge in [-0.05, 0) is 34.6 Å². The Bertz CT molecular complexity index is 971. The minimum atomic E-state index is -0.978. The molecule has 0 bridgehead atoms. The van der Waals surface area contributed by atoms with Gasteiger partial charge in [-0.3, -0.25) is 9.59 Å². The second kappa shape index (κ2) is 9.42. The van der Waals surface area contributed by atoms with Crippen LogP contribution in [0.15, 0.2) is 48.5 Å². The SMILES string of the molecule is CC(CNC(=O)C(CC1CC1)NC(=O)OCC1c2ccccc2-c2ccccc21)C(=O)O. The van der Waals surface area contributed by atoms with E-state index in [2.05, 4.69) is 22.8 Å². The first-order chi connectivity index (χ1) is 15.4. The van der Waals surface area contributed by atoms with Crippen molar-refractivity contribution in [1.29, 1.82) is 0 Å². The molecule has 2 aliphatic carbocycles. The average Bonchev–Trinajstić information content (AvgIpc) is 3.56. The Kier molecular flexibility index (Phi) is 6.44. The van der Waals surface area contributed by atoms with Crippen LogP contribution in [0.5, 0.6) is 0 Å². The zero-order valence-electron chi connectivity index (χ0n) is 18.0. The van der Waals surface area contributed by atoms with E-state index in [-0.39, 0.29) is 25.0 Å². The number of carboxylic acids is 1. The van der Waals surface area contributed by atoms with Crippen LogP contribution in [0.25, 0.3) is 11.1 Å². The third-order valence-electron chi connectivity index (χ3n) is 6.22. The predicted octanol–water partition coefficient (Wildman–Crippen LogP) is 3.53. The van der Waals surface area contributed by atoms with Crippen LogP contribution >= 0.6 is 0 Å². The minimum absolute atomic E-state index is 0.0156. The molecule has 7 heteroatoms. The number of nitrogens with one attached hydrogen (secondary N) is 2. The first-order valence-electron chi connectivity index (χ1n) is 11.1. The summed E-state index contributed by atoms with van der Waals surface area (Å²) < 4.78 is 5.56. The first-order valence-corrected chi connectivity index (χ1v) is 11.1. The summed E-state index contributed by atoms with van der Waals surface area (Å²) in [7, 11) is 0. The lowest BCUT2D eigenvalue weighted by atomic mass is 9.98. The lowest BCUT2D eigenvalue weighted by Crippen LogP contribution is -2.48. The number of rotatable bonds is 9. The van der Waals surface area contributed by atoms with Gasteiger partial charge in [-0.15, -0.1) is 0 Å². The molecule has 2 aromatic carbocycles. The summed E-state index contributed by atoms with van der Waals surface area (Å²) in [5.41, 5.74) is 4.54. The first kappa shape index (κ1) is 21.9. The Balaban J connectivity index is 1.37. The van der Waals surface area contributed by atoms with Crippen molar-refractivity contribution in [2.45, 2.75) is 38.1 Å². The van der Waals surface area contributed by atoms with Gasteiger partial charge in [0.05, 0.1) is 5.92 Å². The van der Waals surface area contributed by atoms with Crippen molar-refractivity contribution in [3.8, 4) is 11.1 Å². The highest BCUT2D eigenvalue weighted by molar-refractivity contribution is 5.86. The molecule has 3 N–H and O–H groups in total. The van der Waals surface area contributed by atoms with E-state index in [0.29, 0.717) is 12.3 Å². The summed E-state index contributed by atoms with van der Waals surface area (Å²) in [6.45, 7) is 1.72. The van der Waals surface area contributed by atoms with Gasteiger partial charge in [0, 0.05) is 12.5 Å². The summed E-state index contributed by atoms with van der Waals surface area (Å²) in [6, 6.07) is 15.5. The van der Waals surface area contributed by atoms with Gasteiger partial charge in [-0.2, -0.15) is 0 Å². The number of aliphatic carboxylic acids is 1. The molecule has 0 spiro atoms. The van der Waals surface area contributed by atoms with Crippen LogP contribution in [0.1, 0.15) is 43.2 Å². The van der Waals surface area contributed by atoms with Crippen molar-refractivity contribution in [3.63, 3.8) is 0 Å². The van der Waals surface area contributed by atoms with Crippen LogP contribution in [0.2, 0.25) is 0 Å². The Hall–Kier alpha value is -3.35. The average molecular weight is 437 g/mol. The van der Waals surface area contributed by atoms with E-state index in [1.54, 1.807) is 0 Å². The highest BCUT2D eigenvalue weighted by Gasteiger charge is 2.32. The van der Waals surface area contributed by atoms with E-state index in [0.717, 1.165) is 35.1 Å². The standard InChI is InChI=1S/C25H28N2O5/c1-15(24(29)30)13-26-23(28)22(12-16-10-11-16)27-25(31)32-14-21-19-8-4-2-6-17(19)18-7-3-5-9-20(18)21/h2-9,15-16,21-22H,10-14H2,1H3,(H,26,28)(H,27,31)(H,29,30). The summed E-state index contributed by atoms with van der Waals surface area (Å²) in [4.78, 5) is 36.2. The van der Waals surface area contributed by atoms with E-state index in [9.17, 15) is 14.4 Å². The van der Waals surface area contributed by atoms with E-state index in [1.165, 1.54) is 6.92 Å². The van der Waals surface area contributed by atoms with Gasteiger partial charge < -0.3 is 20.5 Å². The summed E-state index contributed by atoms with van der Waals surface area (Å²) in [5, 5.41) is 14.3. The lowest BCUT2D eigenvalue weighted by Gasteiger charge is -2.20. The van der Waals surface area contributed by atoms with Crippen LogP contribution in [-0.4, -0.2) is 42.3 Å². The fourth-order valence-electron chi connectivity index (χ4n) is 4.16. The van der Waals surface area contributed by atoms with E-state index >= 15 is 0 Å². The molecule has 0 heterocycles. The monoisotopic (exact) mass is 436 g/mol. The van der Waals surface area contributed by atoms with Crippen LogP contribution < -0.4 is 10.6 Å². The van der Waals surface area contributed by atoms with Crippen molar-refractivity contribution >= 4 is 18.0 Å². The molecule has 2 atom stereocenters. The molecular formula is C25H28N2O5. The summed E-state index contributed by atoms with van der Waals surface area (Å²) >= 11 is 0. The molecule has 2 aromatic rings. The third kappa shape index (κ3) is 4.93. The molecule has 2 amide bonds. The molecule has 4 rings (SSSR count). The minimum Gasteiger partial charge on any atom is -0.481 e. The van der Waals surface area contributed by atoms with Crippen molar-refractivity contribution < 1.29 is 24.2 Å². The molecule has 1 saturated carbocycles. The van der Waals surface area contributed by atoms with Gasteiger partial charge in [-0.1, -0.05) is 68.3 Å². The number of amides is 2. The molecule has 0 saturated heterocycles. The van der Waals surface area contributed by atoms with Gasteiger partial charge in [0.2, 0.25) is 5.91 Å². The fourth-order valence-corrected chi connectivity index (χ4v) is 4.16. The van der Waals surface area contributed by atoms with E-state index in [4.69, 9.17) is 9.84 Å². The number of alkyl carbamates (subject to hydrolysis) is 1. The largest absolute Gasteiger partial charge is 0.481 e. The van der Waals surface area contributed by atoms with Crippen molar-refractivity contribution in [2.75, 3.05) is 13.2 Å². The number of fused-ring (bicyclic) bond motifs is 3. The van der Waals surface area contributed by atoms with Gasteiger partial charge in [0.25, 0.3) is 0 Å². The lowest BCUT2D eigenvalue weighted by molar-refractivity contribution is -0.141. The highest BCUT2D eigenvalue weighted by atomic mass is 16.5. The highest BCUT2D eigenvalue weighted by Crippen LogP contribution is 2.44. The van der Waals surface area contributed by atoms with Crippen molar-refractivity contribution in [1.82, 2.24) is 10.6 Å². The van der Waals surface area contributed by atoms with Crippen LogP contribution in [0, 0.1) is 11.8 Å². The fraction of sp³-hybridized carbons (Fsp3) is 0.400. The molecule has 0 aromatic heterocycles. The van der Waals surface area contributed by atoms with E-state index in [1.807, 2.05) is 36.4 Å². The maximum Gasteiger partial charge on any atom is 0.407 e. The molecule has 0 radical (unpaired) electrons. The van der Waals surface area contributed by atoms with Gasteiger partial charge in [-0.25, -0.2) is 4.79 Å². The van der Waals surface area contributed by atoms with Gasteiger partial charge in [0.1, 0.15) is 12.6 Å². The normalized spacial score (nSPS) is 16.4. The Morgan fingerprint density at radius 3 is 2.19 bits per heavy atom. The third-order valence-corrected chi connectivity index (χ3v) is 6.22. The number of hydrogen-bond donors (Lipinski definition) is 3. The maximum atomic E-state index is 12.6. The second-order valence-electron chi connectivity index (χ2n) is 8.69. The van der Waals surface area contributed by atoms with Gasteiger partial charge in [0.15, 0.2) is 0 Å². The van der Waals surface area contributed by atoms with Crippen LogP contribution in [-0.2, 0) is 14.3 Å². The molecule has 1 fully saturated rings. The quantitative estimate of drug-likeness (QED) is 0.558. The summed E-state index contributed by atoms with van der Waals surface area (Å²) in [6.07, 6.45) is 1.94. The molecule has 168 valence electrons. The number of benzene rings is 2. The number of carbonyl (C=O) groups excluding carboxylic acids is 2. The number of hydrogen-bond acceptors (Lipinski definition) is 4. The Morgan fingerprint density at radius 1 is 1.03 bits per heavy atom. The Labute approximate surface area is 187 Å².